The Morgan fingerprint density at radius 3 is 2.42 bits per heavy atom. The van der Waals surface area contributed by atoms with E-state index in [2.05, 4.69) is 13.8 Å². The van der Waals surface area contributed by atoms with Gasteiger partial charge < -0.3 is 9.90 Å². The molecular formula is C15H15NaO2S. The van der Waals surface area contributed by atoms with Gasteiger partial charge in [0.25, 0.3) is 0 Å². The molecular weight excluding hydrogens is 267 g/mol. The molecule has 2 nitrogen and oxygen atoms in total. The predicted molar refractivity (Wildman–Crippen MR) is 72.6 cm³/mol. The predicted octanol–water partition coefficient (Wildman–Crippen LogP) is -0.0189. The van der Waals surface area contributed by atoms with Gasteiger partial charge in [-0.3, -0.25) is 0 Å². The van der Waals surface area contributed by atoms with Crippen molar-refractivity contribution in [3.8, 4) is 10.4 Å². The fraction of sp³-hybridized carbons (Fsp3) is 0.267. The molecule has 0 atom stereocenters. The molecule has 1 aromatic carbocycles. The van der Waals surface area contributed by atoms with Crippen molar-refractivity contribution in [2.75, 3.05) is 0 Å². The van der Waals surface area contributed by atoms with Gasteiger partial charge in [-0.25, -0.2) is 0 Å². The topological polar surface area (TPSA) is 40.1 Å². The third-order valence-electron chi connectivity index (χ3n) is 2.68. The van der Waals surface area contributed by atoms with Gasteiger partial charge in [0, 0.05) is 4.88 Å². The van der Waals surface area contributed by atoms with Crippen LogP contribution in [-0.4, -0.2) is 5.97 Å². The summed E-state index contributed by atoms with van der Waals surface area (Å²) in [5.41, 5.74) is 1.94. The standard InChI is InChI=1S/C15H16O2S.Na/c1-10(2)8-12-9-13(18-14(12)15(16)17)11-6-4-3-5-7-11;/h3-7,9-10H,8H2,1-2H3,(H,16,17);/q;+1/p-1. The number of rotatable bonds is 4. The monoisotopic (exact) mass is 282 g/mol. The summed E-state index contributed by atoms with van der Waals surface area (Å²) in [5, 5.41) is 11.1. The molecule has 0 unspecified atom stereocenters. The van der Waals surface area contributed by atoms with E-state index in [1.807, 2.05) is 36.4 Å². The summed E-state index contributed by atoms with van der Waals surface area (Å²) >= 11 is 1.30. The van der Waals surface area contributed by atoms with E-state index in [4.69, 9.17) is 0 Å². The number of thiophene rings is 1. The van der Waals surface area contributed by atoms with Crippen LogP contribution < -0.4 is 34.7 Å². The molecule has 0 saturated heterocycles. The molecule has 1 aromatic heterocycles. The van der Waals surface area contributed by atoms with Gasteiger partial charge in [0.2, 0.25) is 0 Å². The van der Waals surface area contributed by atoms with E-state index in [9.17, 15) is 9.90 Å². The number of benzene rings is 1. The molecule has 94 valence electrons. The average Bonchev–Trinajstić information content (AvgIpc) is 2.73. The van der Waals surface area contributed by atoms with Crippen LogP contribution in [-0.2, 0) is 6.42 Å². The van der Waals surface area contributed by atoms with Crippen LogP contribution in [0.3, 0.4) is 0 Å². The van der Waals surface area contributed by atoms with Crippen molar-refractivity contribution in [2.24, 2.45) is 5.92 Å². The number of aromatic carboxylic acids is 1. The van der Waals surface area contributed by atoms with Crippen LogP contribution in [0.4, 0.5) is 0 Å². The minimum absolute atomic E-state index is 0. The first-order chi connectivity index (χ1) is 8.58. The summed E-state index contributed by atoms with van der Waals surface area (Å²) in [6.07, 6.45) is 0.770. The number of hydrogen-bond acceptors (Lipinski definition) is 3. The number of carbonyl (C=O) groups excluding carboxylic acids is 1. The Bertz CT molecular complexity index is 547. The summed E-state index contributed by atoms with van der Waals surface area (Å²) in [5.74, 6) is -0.640. The van der Waals surface area contributed by atoms with Crippen LogP contribution in [0.1, 0.15) is 29.1 Å². The molecule has 0 bridgehead atoms. The van der Waals surface area contributed by atoms with Crippen LogP contribution in [0.5, 0.6) is 0 Å². The van der Waals surface area contributed by atoms with E-state index in [1.54, 1.807) is 0 Å². The molecule has 0 radical (unpaired) electrons. The van der Waals surface area contributed by atoms with Gasteiger partial charge in [0.15, 0.2) is 0 Å². The zero-order valence-electron chi connectivity index (χ0n) is 11.5. The summed E-state index contributed by atoms with van der Waals surface area (Å²) in [4.78, 5) is 12.5. The fourth-order valence-electron chi connectivity index (χ4n) is 1.94. The van der Waals surface area contributed by atoms with Crippen molar-refractivity contribution in [1.29, 1.82) is 0 Å². The average molecular weight is 282 g/mol. The summed E-state index contributed by atoms with van der Waals surface area (Å²) in [7, 11) is 0. The Hall–Kier alpha value is -0.610. The van der Waals surface area contributed by atoms with Crippen LogP contribution in [0.15, 0.2) is 36.4 Å². The summed E-state index contributed by atoms with van der Waals surface area (Å²) in [6, 6.07) is 11.8. The van der Waals surface area contributed by atoms with Gasteiger partial charge >= 0.3 is 29.6 Å². The second-order valence-corrected chi connectivity index (χ2v) is 5.77. The van der Waals surface area contributed by atoms with Crippen molar-refractivity contribution in [3.63, 3.8) is 0 Å². The Kier molecular flexibility index (Phi) is 6.27. The van der Waals surface area contributed by atoms with Gasteiger partial charge in [-0.15, -0.1) is 11.3 Å². The van der Waals surface area contributed by atoms with Gasteiger partial charge in [0.05, 0.1) is 10.8 Å². The Morgan fingerprint density at radius 1 is 1.26 bits per heavy atom. The van der Waals surface area contributed by atoms with Crippen molar-refractivity contribution in [2.45, 2.75) is 20.3 Å². The zero-order chi connectivity index (χ0) is 13.1. The molecule has 0 fully saturated rings. The van der Waals surface area contributed by atoms with Crippen LogP contribution in [0.25, 0.3) is 10.4 Å². The molecule has 19 heavy (non-hydrogen) atoms. The molecule has 0 aliphatic heterocycles. The first-order valence-electron chi connectivity index (χ1n) is 5.97. The van der Waals surface area contributed by atoms with E-state index in [0.29, 0.717) is 10.8 Å². The molecule has 2 aromatic rings. The first-order valence-corrected chi connectivity index (χ1v) is 6.79. The van der Waals surface area contributed by atoms with Crippen LogP contribution in [0, 0.1) is 5.92 Å². The van der Waals surface area contributed by atoms with Crippen LogP contribution in [0.2, 0.25) is 0 Å². The van der Waals surface area contributed by atoms with Crippen molar-refractivity contribution in [3.05, 3.63) is 46.8 Å². The van der Waals surface area contributed by atoms with Crippen molar-refractivity contribution < 1.29 is 39.5 Å². The van der Waals surface area contributed by atoms with Crippen molar-refractivity contribution >= 4 is 17.3 Å². The Balaban J connectivity index is 0.00000180. The number of carbonyl (C=O) groups is 1. The van der Waals surface area contributed by atoms with E-state index in [0.717, 1.165) is 22.4 Å². The van der Waals surface area contributed by atoms with Gasteiger partial charge in [-0.05, 0) is 29.5 Å². The quantitative estimate of drug-likeness (QED) is 0.740. The molecule has 4 heteroatoms. The van der Waals surface area contributed by atoms with Gasteiger partial charge in [-0.2, -0.15) is 0 Å². The van der Waals surface area contributed by atoms with E-state index < -0.39 is 5.97 Å². The molecule has 0 spiro atoms. The minimum atomic E-state index is -1.07. The number of carboxylic acids is 1. The second kappa shape index (κ2) is 7.25. The maximum absolute atomic E-state index is 11.1. The normalized spacial score (nSPS) is 10.3. The molecule has 0 amide bonds. The zero-order valence-corrected chi connectivity index (χ0v) is 14.3. The van der Waals surface area contributed by atoms with Crippen molar-refractivity contribution in [1.82, 2.24) is 0 Å². The molecule has 0 saturated carbocycles. The molecule has 2 rings (SSSR count). The summed E-state index contributed by atoms with van der Waals surface area (Å²) < 4.78 is 0. The van der Waals surface area contributed by atoms with Crippen LogP contribution >= 0.6 is 11.3 Å². The maximum Gasteiger partial charge on any atom is 1.00 e. The maximum atomic E-state index is 11.1. The third-order valence-corrected chi connectivity index (χ3v) is 3.89. The molecule has 0 N–H and O–H groups in total. The fourth-order valence-corrected chi connectivity index (χ4v) is 2.97. The molecule has 0 aliphatic rings. The Labute approximate surface area is 139 Å². The molecule has 0 aliphatic carbocycles. The van der Waals surface area contributed by atoms with E-state index >= 15 is 0 Å². The van der Waals surface area contributed by atoms with E-state index in [-0.39, 0.29) is 29.6 Å². The first kappa shape index (κ1) is 16.4. The number of carboxylic acid groups (broad SMARTS) is 1. The SMILES string of the molecule is CC(C)Cc1cc(-c2ccccc2)sc1C(=O)[O-].[Na+]. The van der Waals surface area contributed by atoms with E-state index in [1.165, 1.54) is 11.3 Å². The largest absolute Gasteiger partial charge is 1.00 e. The summed E-state index contributed by atoms with van der Waals surface area (Å²) in [6.45, 7) is 4.16. The molecule has 1 heterocycles. The minimum Gasteiger partial charge on any atom is -0.544 e. The second-order valence-electron chi connectivity index (χ2n) is 4.72. The van der Waals surface area contributed by atoms with Gasteiger partial charge in [-0.1, -0.05) is 44.2 Å². The third kappa shape index (κ3) is 4.18. The Morgan fingerprint density at radius 2 is 1.89 bits per heavy atom. The smallest absolute Gasteiger partial charge is 0.544 e. The number of hydrogen-bond donors (Lipinski definition) is 0. The van der Waals surface area contributed by atoms with Gasteiger partial charge in [0.1, 0.15) is 0 Å².